The summed E-state index contributed by atoms with van der Waals surface area (Å²) in [5, 5.41) is 2.21. The van der Waals surface area contributed by atoms with Crippen LogP contribution in [0.3, 0.4) is 0 Å². The molecule has 5 aromatic rings. The molecule has 2 aromatic heterocycles. The monoisotopic (exact) mass is 359 g/mol. The van der Waals surface area contributed by atoms with Crippen molar-refractivity contribution in [3.63, 3.8) is 0 Å². The standard InChI is InChI=1S/C25H17N3/c1-3-11-21-17(7-1)15-18-8-2-4-12-22(18)28(21)23-16-19-9-5-13-26-24(19)25-20(23)10-6-14-27-25/h1-14,16H,15H2. The van der Waals surface area contributed by atoms with E-state index in [0.717, 1.165) is 33.9 Å². The van der Waals surface area contributed by atoms with E-state index < -0.39 is 0 Å². The van der Waals surface area contributed by atoms with E-state index in [1.807, 2.05) is 24.5 Å². The predicted octanol–water partition coefficient (Wildman–Crippen LogP) is 6.16. The van der Waals surface area contributed by atoms with Gasteiger partial charge in [0.15, 0.2) is 0 Å². The molecule has 3 heterocycles. The van der Waals surface area contributed by atoms with Crippen molar-refractivity contribution in [2.75, 3.05) is 4.90 Å². The number of hydrogen-bond acceptors (Lipinski definition) is 3. The molecule has 3 nitrogen and oxygen atoms in total. The molecule has 0 amide bonds. The van der Waals surface area contributed by atoms with Gasteiger partial charge in [-0.2, -0.15) is 0 Å². The minimum atomic E-state index is 0.941. The highest BCUT2D eigenvalue weighted by Gasteiger charge is 2.25. The summed E-state index contributed by atoms with van der Waals surface area (Å²) in [4.78, 5) is 11.7. The number of benzene rings is 3. The maximum absolute atomic E-state index is 4.69. The van der Waals surface area contributed by atoms with Crippen molar-refractivity contribution in [3.8, 4) is 0 Å². The molecule has 3 heteroatoms. The number of nitrogens with zero attached hydrogens (tertiary/aromatic N) is 3. The minimum absolute atomic E-state index is 0.941. The molecule has 0 spiro atoms. The highest BCUT2D eigenvalue weighted by molar-refractivity contribution is 6.11. The average molecular weight is 359 g/mol. The van der Waals surface area contributed by atoms with Crippen molar-refractivity contribution in [1.82, 2.24) is 9.97 Å². The molecule has 1 aliphatic rings. The van der Waals surface area contributed by atoms with Gasteiger partial charge in [-0.05, 0) is 47.5 Å². The minimum Gasteiger partial charge on any atom is -0.309 e. The molecule has 0 N–H and O–H groups in total. The molecule has 6 rings (SSSR count). The van der Waals surface area contributed by atoms with Crippen molar-refractivity contribution in [3.05, 3.63) is 102 Å². The lowest BCUT2D eigenvalue weighted by Gasteiger charge is -2.34. The number of fused-ring (bicyclic) bond motifs is 5. The third kappa shape index (κ3) is 2.16. The second-order valence-electron chi connectivity index (χ2n) is 7.14. The zero-order valence-electron chi connectivity index (χ0n) is 15.2. The fourth-order valence-corrected chi connectivity index (χ4v) is 4.29. The number of pyridine rings is 2. The maximum Gasteiger partial charge on any atom is 0.0985 e. The first-order valence-corrected chi connectivity index (χ1v) is 9.48. The lowest BCUT2D eigenvalue weighted by atomic mass is 9.94. The number of rotatable bonds is 1. The lowest BCUT2D eigenvalue weighted by Crippen LogP contribution is -2.18. The second-order valence-corrected chi connectivity index (χ2v) is 7.14. The van der Waals surface area contributed by atoms with E-state index >= 15 is 0 Å². The number of aromatic nitrogens is 2. The van der Waals surface area contributed by atoms with Crippen LogP contribution in [0.1, 0.15) is 11.1 Å². The van der Waals surface area contributed by atoms with Crippen LogP contribution < -0.4 is 4.90 Å². The van der Waals surface area contributed by atoms with E-state index in [-0.39, 0.29) is 0 Å². The van der Waals surface area contributed by atoms with Gasteiger partial charge in [-0.25, -0.2) is 0 Å². The van der Waals surface area contributed by atoms with E-state index in [2.05, 4.69) is 81.6 Å². The van der Waals surface area contributed by atoms with Crippen molar-refractivity contribution in [2.45, 2.75) is 6.42 Å². The molecule has 0 aliphatic carbocycles. The summed E-state index contributed by atoms with van der Waals surface area (Å²) in [5.41, 5.74) is 8.16. The predicted molar refractivity (Wildman–Crippen MR) is 115 cm³/mol. The molecule has 0 bridgehead atoms. The summed E-state index contributed by atoms with van der Waals surface area (Å²) in [6.07, 6.45) is 4.63. The maximum atomic E-state index is 4.69. The van der Waals surface area contributed by atoms with Gasteiger partial charge in [0.05, 0.1) is 16.7 Å². The second kappa shape index (κ2) is 5.89. The Balaban J connectivity index is 1.75. The molecular weight excluding hydrogens is 342 g/mol. The molecule has 0 atom stereocenters. The fourth-order valence-electron chi connectivity index (χ4n) is 4.29. The van der Waals surface area contributed by atoms with Crippen LogP contribution >= 0.6 is 0 Å². The van der Waals surface area contributed by atoms with Crippen molar-refractivity contribution in [2.24, 2.45) is 0 Å². The Kier molecular flexibility index (Phi) is 3.23. The van der Waals surface area contributed by atoms with Gasteiger partial charge in [0.25, 0.3) is 0 Å². The molecule has 132 valence electrons. The third-order valence-electron chi connectivity index (χ3n) is 5.53. The van der Waals surface area contributed by atoms with Gasteiger partial charge in [-0.1, -0.05) is 42.5 Å². The van der Waals surface area contributed by atoms with Crippen LogP contribution in [0.15, 0.2) is 91.3 Å². The van der Waals surface area contributed by atoms with Gasteiger partial charge in [0, 0.05) is 41.0 Å². The van der Waals surface area contributed by atoms with Crippen molar-refractivity contribution < 1.29 is 0 Å². The Bertz CT molecular complexity index is 1310. The van der Waals surface area contributed by atoms with Crippen LogP contribution in [-0.2, 0) is 6.42 Å². The van der Waals surface area contributed by atoms with E-state index in [1.165, 1.54) is 22.5 Å². The Morgan fingerprint density at radius 3 is 2.00 bits per heavy atom. The van der Waals surface area contributed by atoms with Gasteiger partial charge < -0.3 is 4.90 Å². The van der Waals surface area contributed by atoms with E-state index in [9.17, 15) is 0 Å². The third-order valence-corrected chi connectivity index (χ3v) is 5.53. The summed E-state index contributed by atoms with van der Waals surface area (Å²) in [6, 6.07) is 27.8. The van der Waals surface area contributed by atoms with Crippen LogP contribution in [0, 0.1) is 0 Å². The highest BCUT2D eigenvalue weighted by atomic mass is 15.2. The molecule has 1 aliphatic heterocycles. The Morgan fingerprint density at radius 1 is 0.607 bits per heavy atom. The molecule has 0 saturated carbocycles. The summed E-state index contributed by atoms with van der Waals surface area (Å²) < 4.78 is 0. The van der Waals surface area contributed by atoms with Gasteiger partial charge in [0.2, 0.25) is 0 Å². The van der Waals surface area contributed by atoms with Crippen LogP contribution in [0.5, 0.6) is 0 Å². The highest BCUT2D eigenvalue weighted by Crippen LogP contribution is 2.46. The topological polar surface area (TPSA) is 29.0 Å². The summed E-state index contributed by atoms with van der Waals surface area (Å²) in [6.45, 7) is 0. The number of para-hydroxylation sites is 2. The quantitative estimate of drug-likeness (QED) is 0.329. The SMILES string of the molecule is c1ccc2c(c1)Cc1ccccc1N2c1cc2cccnc2c2ncccc12. The summed E-state index contributed by atoms with van der Waals surface area (Å²) in [7, 11) is 0. The zero-order chi connectivity index (χ0) is 18.5. The Labute approximate surface area is 162 Å². The van der Waals surface area contributed by atoms with Crippen molar-refractivity contribution in [1.29, 1.82) is 0 Å². The number of anilines is 3. The fraction of sp³-hybridized carbons (Fsp3) is 0.0400. The van der Waals surface area contributed by atoms with E-state index in [0.29, 0.717) is 0 Å². The molecular formula is C25H17N3. The van der Waals surface area contributed by atoms with Crippen LogP contribution in [0.4, 0.5) is 17.1 Å². The molecule has 3 aromatic carbocycles. The van der Waals surface area contributed by atoms with Gasteiger partial charge in [-0.15, -0.1) is 0 Å². The normalized spacial score (nSPS) is 12.8. The average Bonchev–Trinajstić information content (AvgIpc) is 2.77. The first-order chi connectivity index (χ1) is 13.9. The van der Waals surface area contributed by atoms with Gasteiger partial charge in [0.1, 0.15) is 0 Å². The largest absolute Gasteiger partial charge is 0.309 e. The van der Waals surface area contributed by atoms with E-state index in [1.54, 1.807) is 0 Å². The van der Waals surface area contributed by atoms with Gasteiger partial charge >= 0.3 is 0 Å². The molecule has 0 fully saturated rings. The first kappa shape index (κ1) is 15.3. The summed E-state index contributed by atoms with van der Waals surface area (Å²) in [5.74, 6) is 0. The molecule has 0 unspecified atom stereocenters. The van der Waals surface area contributed by atoms with Crippen LogP contribution in [0.2, 0.25) is 0 Å². The smallest absolute Gasteiger partial charge is 0.0985 e. The Morgan fingerprint density at radius 2 is 1.25 bits per heavy atom. The lowest BCUT2D eigenvalue weighted by molar-refractivity contribution is 1.09. The molecule has 0 saturated heterocycles. The van der Waals surface area contributed by atoms with Gasteiger partial charge in [-0.3, -0.25) is 9.97 Å². The molecule has 0 radical (unpaired) electrons. The molecule has 28 heavy (non-hydrogen) atoms. The van der Waals surface area contributed by atoms with E-state index in [4.69, 9.17) is 0 Å². The number of hydrogen-bond donors (Lipinski definition) is 0. The summed E-state index contributed by atoms with van der Waals surface area (Å²) >= 11 is 0. The Hall–Kier alpha value is -3.72. The zero-order valence-corrected chi connectivity index (χ0v) is 15.2. The first-order valence-electron chi connectivity index (χ1n) is 9.48. The van der Waals surface area contributed by atoms with Crippen molar-refractivity contribution >= 4 is 38.9 Å². The van der Waals surface area contributed by atoms with Crippen LogP contribution in [0.25, 0.3) is 21.8 Å². The van der Waals surface area contributed by atoms with Crippen LogP contribution in [-0.4, -0.2) is 9.97 Å².